The number of allylic oxidation sites excluding steroid dienone is 4. The quantitative estimate of drug-likeness (QED) is 0.638. The van der Waals surface area contributed by atoms with E-state index in [2.05, 4.69) is 6.07 Å². The molecule has 2 rings (SSSR count). The predicted molar refractivity (Wildman–Crippen MR) is 56.6 cm³/mol. The lowest BCUT2D eigenvalue weighted by Crippen LogP contribution is -2.38. The Kier molecular flexibility index (Phi) is 2.51. The van der Waals surface area contributed by atoms with Crippen molar-refractivity contribution in [3.8, 4) is 6.07 Å². The minimum Gasteiger partial charge on any atom is -0.359 e. The molecule has 0 amide bonds. The van der Waals surface area contributed by atoms with Crippen LogP contribution in [0.5, 0.6) is 0 Å². The van der Waals surface area contributed by atoms with Gasteiger partial charge in [0.2, 0.25) is 0 Å². The third kappa shape index (κ3) is 1.89. The molecule has 0 radical (unpaired) electrons. The molecule has 3 heteroatoms. The van der Waals surface area contributed by atoms with Crippen molar-refractivity contribution in [2.75, 3.05) is 6.54 Å². The highest BCUT2D eigenvalue weighted by molar-refractivity contribution is 5.97. The Balaban J connectivity index is 2.15. The van der Waals surface area contributed by atoms with Crippen LogP contribution in [0.15, 0.2) is 48.2 Å². The molecule has 3 nitrogen and oxygen atoms in total. The summed E-state index contributed by atoms with van der Waals surface area (Å²) in [7, 11) is 0. The molecule has 1 heterocycles. The summed E-state index contributed by atoms with van der Waals surface area (Å²) < 4.78 is 0. The Hall–Kier alpha value is -2.08. The maximum absolute atomic E-state index is 11.6. The lowest BCUT2D eigenvalue weighted by molar-refractivity contribution is -0.117. The first kappa shape index (κ1) is 9.47. The van der Waals surface area contributed by atoms with Gasteiger partial charge in [-0.3, -0.25) is 4.79 Å². The maximum atomic E-state index is 11.6. The lowest BCUT2D eigenvalue weighted by Gasteiger charge is -2.28. The minimum atomic E-state index is -0.261. The molecular weight excluding hydrogens is 188 g/mol. The zero-order valence-electron chi connectivity index (χ0n) is 8.13. The number of nitriles is 1. The topological polar surface area (TPSA) is 44.1 Å². The summed E-state index contributed by atoms with van der Waals surface area (Å²) in [6, 6.07) is 1.84. The van der Waals surface area contributed by atoms with Gasteiger partial charge < -0.3 is 4.90 Å². The van der Waals surface area contributed by atoms with Crippen molar-refractivity contribution in [1.29, 1.82) is 5.26 Å². The minimum absolute atomic E-state index is 0.0568. The lowest BCUT2D eigenvalue weighted by atomic mass is 10.0. The van der Waals surface area contributed by atoms with Gasteiger partial charge in [-0.1, -0.05) is 18.2 Å². The van der Waals surface area contributed by atoms with Crippen LogP contribution < -0.4 is 0 Å². The van der Waals surface area contributed by atoms with E-state index >= 15 is 0 Å². The molecule has 0 spiro atoms. The molecule has 0 aromatic rings. The molecule has 2 aliphatic rings. The molecule has 15 heavy (non-hydrogen) atoms. The number of hydrogen-bond acceptors (Lipinski definition) is 3. The van der Waals surface area contributed by atoms with Crippen LogP contribution in [-0.2, 0) is 4.79 Å². The third-order valence-corrected chi connectivity index (χ3v) is 2.39. The van der Waals surface area contributed by atoms with Crippen LogP contribution in [0.25, 0.3) is 0 Å². The molecule has 0 aromatic carbocycles. The molecule has 1 aliphatic heterocycles. The standard InChI is InChI=1S/C12H10N2O/c13-8-10-4-3-7-14(9-10)11-5-1-2-6-12(11)15/h1-7,11H,9H2. The van der Waals surface area contributed by atoms with Gasteiger partial charge in [-0.25, -0.2) is 0 Å². The summed E-state index contributed by atoms with van der Waals surface area (Å²) >= 11 is 0. The smallest absolute Gasteiger partial charge is 0.181 e. The number of carbonyl (C=O) groups excluding carboxylic acids is 1. The fourth-order valence-corrected chi connectivity index (χ4v) is 1.62. The van der Waals surface area contributed by atoms with Gasteiger partial charge in [0.1, 0.15) is 6.04 Å². The van der Waals surface area contributed by atoms with Crippen molar-refractivity contribution in [3.63, 3.8) is 0 Å². The molecular formula is C12H10N2O. The molecule has 1 unspecified atom stereocenters. The summed E-state index contributed by atoms with van der Waals surface area (Å²) in [6.45, 7) is 0.502. The summed E-state index contributed by atoms with van der Waals surface area (Å²) in [5.41, 5.74) is 0.674. The Bertz CT molecular complexity index is 435. The van der Waals surface area contributed by atoms with E-state index in [1.807, 2.05) is 23.3 Å². The normalized spacial score (nSPS) is 23.9. The second-order valence-corrected chi connectivity index (χ2v) is 3.41. The van der Waals surface area contributed by atoms with Crippen LogP contribution in [0.4, 0.5) is 0 Å². The Labute approximate surface area is 88.3 Å². The zero-order chi connectivity index (χ0) is 10.7. The summed E-state index contributed by atoms with van der Waals surface area (Å²) in [6.07, 6.45) is 12.4. The second kappa shape index (κ2) is 3.97. The van der Waals surface area contributed by atoms with E-state index in [1.165, 1.54) is 0 Å². The van der Waals surface area contributed by atoms with E-state index in [-0.39, 0.29) is 11.8 Å². The maximum Gasteiger partial charge on any atom is 0.181 e. The summed E-state index contributed by atoms with van der Waals surface area (Å²) in [5, 5.41) is 8.78. The number of ketones is 1. The van der Waals surface area contributed by atoms with E-state index in [4.69, 9.17) is 5.26 Å². The third-order valence-electron chi connectivity index (χ3n) is 2.39. The number of carbonyl (C=O) groups is 1. The van der Waals surface area contributed by atoms with Crippen LogP contribution in [0.2, 0.25) is 0 Å². The van der Waals surface area contributed by atoms with Gasteiger partial charge in [0.15, 0.2) is 5.78 Å². The first-order valence-electron chi connectivity index (χ1n) is 4.73. The molecule has 0 saturated carbocycles. The van der Waals surface area contributed by atoms with Gasteiger partial charge in [-0.15, -0.1) is 0 Å². The average Bonchev–Trinajstić information content (AvgIpc) is 2.30. The monoisotopic (exact) mass is 198 g/mol. The SMILES string of the molecule is N#CC1=CC=CN(C2C=CC=CC2=O)C1. The van der Waals surface area contributed by atoms with E-state index < -0.39 is 0 Å². The highest BCUT2D eigenvalue weighted by Crippen LogP contribution is 2.14. The van der Waals surface area contributed by atoms with E-state index in [0.717, 1.165) is 0 Å². The van der Waals surface area contributed by atoms with Crippen molar-refractivity contribution in [1.82, 2.24) is 4.90 Å². The molecule has 1 atom stereocenters. The van der Waals surface area contributed by atoms with Gasteiger partial charge in [0.25, 0.3) is 0 Å². The number of nitrogens with zero attached hydrogens (tertiary/aromatic N) is 2. The Morgan fingerprint density at radius 2 is 2.27 bits per heavy atom. The van der Waals surface area contributed by atoms with Gasteiger partial charge >= 0.3 is 0 Å². The van der Waals surface area contributed by atoms with Crippen LogP contribution in [0.1, 0.15) is 0 Å². The summed E-state index contributed by atoms with van der Waals surface area (Å²) in [5.74, 6) is 0.0568. The average molecular weight is 198 g/mol. The predicted octanol–water partition coefficient (Wildman–Crippen LogP) is 1.33. The van der Waals surface area contributed by atoms with E-state index in [1.54, 1.807) is 24.3 Å². The summed E-state index contributed by atoms with van der Waals surface area (Å²) in [4.78, 5) is 13.4. The molecule has 0 aromatic heterocycles. The molecule has 0 bridgehead atoms. The Morgan fingerprint density at radius 1 is 1.40 bits per heavy atom. The first-order chi connectivity index (χ1) is 7.31. The molecule has 0 fully saturated rings. The fourth-order valence-electron chi connectivity index (χ4n) is 1.62. The van der Waals surface area contributed by atoms with E-state index in [0.29, 0.717) is 12.1 Å². The van der Waals surface area contributed by atoms with Crippen LogP contribution in [-0.4, -0.2) is 23.3 Å². The van der Waals surface area contributed by atoms with Crippen LogP contribution in [0, 0.1) is 11.3 Å². The largest absolute Gasteiger partial charge is 0.359 e. The van der Waals surface area contributed by atoms with Crippen LogP contribution in [0.3, 0.4) is 0 Å². The van der Waals surface area contributed by atoms with Crippen molar-refractivity contribution in [2.24, 2.45) is 0 Å². The highest BCUT2D eigenvalue weighted by atomic mass is 16.1. The van der Waals surface area contributed by atoms with E-state index in [9.17, 15) is 4.79 Å². The van der Waals surface area contributed by atoms with Crippen molar-refractivity contribution < 1.29 is 4.79 Å². The van der Waals surface area contributed by atoms with Gasteiger partial charge in [0.05, 0.1) is 12.6 Å². The molecule has 0 saturated heterocycles. The molecule has 74 valence electrons. The van der Waals surface area contributed by atoms with Gasteiger partial charge in [0, 0.05) is 11.8 Å². The fraction of sp³-hybridized carbons (Fsp3) is 0.167. The molecule has 0 N–H and O–H groups in total. The Morgan fingerprint density at radius 3 is 3.00 bits per heavy atom. The second-order valence-electron chi connectivity index (χ2n) is 3.41. The van der Waals surface area contributed by atoms with Gasteiger partial charge in [-0.05, 0) is 18.2 Å². The molecule has 1 aliphatic carbocycles. The highest BCUT2D eigenvalue weighted by Gasteiger charge is 2.22. The van der Waals surface area contributed by atoms with Crippen molar-refractivity contribution >= 4 is 5.78 Å². The zero-order valence-corrected chi connectivity index (χ0v) is 8.13. The number of hydrogen-bond donors (Lipinski definition) is 0. The first-order valence-corrected chi connectivity index (χ1v) is 4.73. The van der Waals surface area contributed by atoms with Crippen molar-refractivity contribution in [2.45, 2.75) is 6.04 Å². The van der Waals surface area contributed by atoms with Gasteiger partial charge in [-0.2, -0.15) is 5.26 Å². The van der Waals surface area contributed by atoms with Crippen LogP contribution >= 0.6 is 0 Å². The number of rotatable bonds is 1. The van der Waals surface area contributed by atoms with Crippen molar-refractivity contribution in [3.05, 3.63) is 48.2 Å².